The molecular weight excluding hydrogens is 400 g/mol. The summed E-state index contributed by atoms with van der Waals surface area (Å²) in [6.07, 6.45) is 0.828. The molecule has 1 aromatic heterocycles. The molecule has 4 rings (SSSR count). The molecule has 2 aromatic carbocycles. The van der Waals surface area contributed by atoms with Crippen molar-refractivity contribution < 1.29 is 19.0 Å². The maximum absolute atomic E-state index is 12.5. The third kappa shape index (κ3) is 4.46. The largest absolute Gasteiger partial charge is 0.492 e. The molecule has 3 aromatic rings. The van der Waals surface area contributed by atoms with Crippen LogP contribution in [-0.2, 0) is 11.2 Å². The van der Waals surface area contributed by atoms with E-state index in [2.05, 4.69) is 18.3 Å². The first kappa shape index (κ1) is 20.3. The zero-order valence-corrected chi connectivity index (χ0v) is 17.9. The number of benzene rings is 2. The average Bonchev–Trinajstić information content (AvgIpc) is 2.77. The van der Waals surface area contributed by atoms with E-state index in [1.165, 1.54) is 11.8 Å². The van der Waals surface area contributed by atoms with Crippen molar-refractivity contribution >= 4 is 34.3 Å². The number of rotatable bonds is 7. The summed E-state index contributed by atoms with van der Waals surface area (Å²) in [7, 11) is 0. The second-order valence-corrected chi connectivity index (χ2v) is 7.72. The highest BCUT2D eigenvalue weighted by atomic mass is 32.2. The van der Waals surface area contributed by atoms with E-state index in [4.69, 9.17) is 19.2 Å². The molecule has 0 spiro atoms. The standard InChI is InChI=1S/C23H24N2O4S/c1-3-15-11-16-12-20-21(29-10-9-28-20)13-18(16)25-23(15)30-14-22(26)24-17-7-5-6-8-19(17)27-4-2/h5-8,11-13H,3-4,9-10,14H2,1-2H3,(H,24,26). The van der Waals surface area contributed by atoms with Crippen molar-refractivity contribution in [2.45, 2.75) is 25.3 Å². The Morgan fingerprint density at radius 3 is 2.67 bits per heavy atom. The van der Waals surface area contributed by atoms with Gasteiger partial charge in [0.25, 0.3) is 0 Å². The van der Waals surface area contributed by atoms with E-state index < -0.39 is 0 Å². The molecule has 1 aliphatic heterocycles. The lowest BCUT2D eigenvalue weighted by Gasteiger charge is -2.19. The molecule has 0 saturated carbocycles. The lowest BCUT2D eigenvalue weighted by molar-refractivity contribution is -0.113. The summed E-state index contributed by atoms with van der Waals surface area (Å²) in [5, 5.41) is 4.80. The van der Waals surface area contributed by atoms with Crippen LogP contribution < -0.4 is 19.5 Å². The fraction of sp³-hybridized carbons (Fsp3) is 0.304. The minimum atomic E-state index is -0.0988. The highest BCUT2D eigenvalue weighted by Gasteiger charge is 2.16. The van der Waals surface area contributed by atoms with Crippen LogP contribution in [0.25, 0.3) is 10.9 Å². The van der Waals surface area contributed by atoms with Crippen LogP contribution in [0.4, 0.5) is 5.69 Å². The quantitative estimate of drug-likeness (QED) is 0.555. The number of pyridine rings is 1. The lowest BCUT2D eigenvalue weighted by atomic mass is 10.1. The van der Waals surface area contributed by atoms with Crippen LogP contribution in [0.3, 0.4) is 0 Å². The summed E-state index contributed by atoms with van der Waals surface area (Å²) in [5.41, 5.74) is 2.61. The highest BCUT2D eigenvalue weighted by molar-refractivity contribution is 8.00. The second kappa shape index (κ2) is 9.26. The van der Waals surface area contributed by atoms with Crippen LogP contribution in [0, 0.1) is 0 Å². The Morgan fingerprint density at radius 1 is 1.13 bits per heavy atom. The average molecular weight is 425 g/mol. The maximum Gasteiger partial charge on any atom is 0.234 e. The fourth-order valence-electron chi connectivity index (χ4n) is 3.29. The number of aryl methyl sites for hydroxylation is 1. The number of aromatic nitrogens is 1. The number of nitrogens with zero attached hydrogens (tertiary/aromatic N) is 1. The third-order valence-corrected chi connectivity index (χ3v) is 5.73. The van der Waals surface area contributed by atoms with Crippen LogP contribution in [-0.4, -0.2) is 36.5 Å². The number of hydrogen-bond donors (Lipinski definition) is 1. The minimum absolute atomic E-state index is 0.0988. The predicted molar refractivity (Wildman–Crippen MR) is 119 cm³/mol. The molecule has 1 aliphatic rings. The Morgan fingerprint density at radius 2 is 1.90 bits per heavy atom. The second-order valence-electron chi connectivity index (χ2n) is 6.76. The van der Waals surface area contributed by atoms with Crippen molar-refractivity contribution in [3.63, 3.8) is 0 Å². The predicted octanol–water partition coefficient (Wildman–Crippen LogP) is 4.70. The van der Waals surface area contributed by atoms with Gasteiger partial charge >= 0.3 is 0 Å². The molecule has 6 nitrogen and oxygen atoms in total. The molecule has 0 bridgehead atoms. The van der Waals surface area contributed by atoms with Gasteiger partial charge < -0.3 is 19.5 Å². The van der Waals surface area contributed by atoms with Crippen molar-refractivity contribution in [3.8, 4) is 17.2 Å². The Kier molecular flexibility index (Phi) is 6.28. The number of thioether (sulfide) groups is 1. The van der Waals surface area contributed by atoms with E-state index in [1.54, 1.807) is 0 Å². The number of anilines is 1. The minimum Gasteiger partial charge on any atom is -0.492 e. The monoisotopic (exact) mass is 424 g/mol. The van der Waals surface area contributed by atoms with E-state index in [1.807, 2.05) is 43.3 Å². The maximum atomic E-state index is 12.5. The zero-order chi connectivity index (χ0) is 20.9. The number of fused-ring (bicyclic) bond motifs is 2. The number of hydrogen-bond acceptors (Lipinski definition) is 6. The molecule has 0 fully saturated rings. The van der Waals surface area contributed by atoms with Gasteiger partial charge in [0.15, 0.2) is 11.5 Å². The Labute approximate surface area is 179 Å². The number of carbonyl (C=O) groups excluding carboxylic acids is 1. The van der Waals surface area contributed by atoms with Gasteiger partial charge in [-0.2, -0.15) is 0 Å². The van der Waals surface area contributed by atoms with Gasteiger partial charge in [0.05, 0.1) is 23.6 Å². The van der Waals surface area contributed by atoms with Crippen LogP contribution in [0.5, 0.6) is 17.2 Å². The summed E-state index contributed by atoms with van der Waals surface area (Å²) in [5.74, 6) is 2.30. The van der Waals surface area contributed by atoms with E-state index in [9.17, 15) is 4.79 Å². The molecular formula is C23H24N2O4S. The van der Waals surface area contributed by atoms with Crippen molar-refractivity contribution in [2.24, 2.45) is 0 Å². The van der Waals surface area contributed by atoms with E-state index in [0.29, 0.717) is 37.0 Å². The van der Waals surface area contributed by atoms with Crippen molar-refractivity contribution in [1.82, 2.24) is 4.98 Å². The van der Waals surface area contributed by atoms with Gasteiger partial charge in [0.2, 0.25) is 5.91 Å². The summed E-state index contributed by atoms with van der Waals surface area (Å²) in [6, 6.07) is 13.4. The van der Waals surface area contributed by atoms with E-state index in [-0.39, 0.29) is 11.7 Å². The lowest BCUT2D eigenvalue weighted by Crippen LogP contribution is -2.15. The van der Waals surface area contributed by atoms with Gasteiger partial charge in [-0.3, -0.25) is 4.79 Å². The molecule has 0 radical (unpaired) electrons. The Balaban J connectivity index is 1.51. The first-order valence-corrected chi connectivity index (χ1v) is 11.0. The highest BCUT2D eigenvalue weighted by Crippen LogP contribution is 2.36. The van der Waals surface area contributed by atoms with Crippen LogP contribution in [0.15, 0.2) is 47.5 Å². The summed E-state index contributed by atoms with van der Waals surface area (Å²) in [6.45, 7) is 5.64. The molecule has 0 saturated heterocycles. The van der Waals surface area contributed by atoms with Crippen molar-refractivity contribution in [3.05, 3.63) is 48.0 Å². The van der Waals surface area contributed by atoms with Crippen LogP contribution >= 0.6 is 11.8 Å². The van der Waals surface area contributed by atoms with Gasteiger partial charge in [-0.05, 0) is 43.2 Å². The molecule has 30 heavy (non-hydrogen) atoms. The number of nitrogens with one attached hydrogen (secondary N) is 1. The van der Waals surface area contributed by atoms with Gasteiger partial charge in [-0.25, -0.2) is 4.98 Å². The first-order valence-electron chi connectivity index (χ1n) is 10.1. The fourth-order valence-corrected chi connectivity index (χ4v) is 4.18. The first-order chi connectivity index (χ1) is 14.7. The summed E-state index contributed by atoms with van der Waals surface area (Å²) in [4.78, 5) is 17.3. The molecule has 0 atom stereocenters. The van der Waals surface area contributed by atoms with E-state index >= 15 is 0 Å². The van der Waals surface area contributed by atoms with E-state index in [0.717, 1.165) is 33.7 Å². The molecule has 2 heterocycles. The third-order valence-electron chi connectivity index (χ3n) is 4.70. The molecule has 0 unspecified atom stereocenters. The van der Waals surface area contributed by atoms with Gasteiger partial charge in [-0.1, -0.05) is 30.8 Å². The number of ether oxygens (including phenoxy) is 3. The zero-order valence-electron chi connectivity index (χ0n) is 17.1. The Bertz CT molecular complexity index is 1070. The normalized spacial score (nSPS) is 12.6. The molecule has 7 heteroatoms. The van der Waals surface area contributed by atoms with Gasteiger partial charge in [0, 0.05) is 11.5 Å². The molecule has 0 aliphatic carbocycles. The van der Waals surface area contributed by atoms with Crippen molar-refractivity contribution in [2.75, 3.05) is 30.9 Å². The van der Waals surface area contributed by atoms with Crippen LogP contribution in [0.2, 0.25) is 0 Å². The van der Waals surface area contributed by atoms with Crippen molar-refractivity contribution in [1.29, 1.82) is 0 Å². The van der Waals surface area contributed by atoms with Gasteiger partial charge in [0.1, 0.15) is 24.0 Å². The molecule has 156 valence electrons. The summed E-state index contributed by atoms with van der Waals surface area (Å²) < 4.78 is 16.9. The Hall–Kier alpha value is -2.93. The summed E-state index contributed by atoms with van der Waals surface area (Å²) >= 11 is 1.43. The molecule has 1 amide bonds. The van der Waals surface area contributed by atoms with Gasteiger partial charge in [-0.15, -0.1) is 0 Å². The molecule has 1 N–H and O–H groups in total. The number of para-hydroxylation sites is 2. The topological polar surface area (TPSA) is 69.7 Å². The number of amides is 1. The smallest absolute Gasteiger partial charge is 0.234 e. The number of carbonyl (C=O) groups is 1. The van der Waals surface area contributed by atoms with Crippen LogP contribution in [0.1, 0.15) is 19.4 Å². The SMILES string of the molecule is CCOc1ccccc1NC(=O)CSc1nc2cc3c(cc2cc1CC)OCCO3.